The third-order valence-electron chi connectivity index (χ3n) is 12.8. The molecule has 3 aromatic heterocycles. The highest BCUT2D eigenvalue weighted by atomic mass is 35.5. The Morgan fingerprint density at radius 2 is 1.71 bits per heavy atom. The molecule has 0 aliphatic carbocycles. The molecule has 1 saturated heterocycles. The van der Waals surface area contributed by atoms with Crippen molar-refractivity contribution in [2.24, 2.45) is 5.41 Å². The summed E-state index contributed by atoms with van der Waals surface area (Å²) in [6, 6.07) is 20.5. The lowest BCUT2D eigenvalue weighted by Crippen LogP contribution is -2.44. The van der Waals surface area contributed by atoms with Crippen LogP contribution in [0.2, 0.25) is 5.02 Å². The summed E-state index contributed by atoms with van der Waals surface area (Å²) in [6.07, 6.45) is 19.4. The zero-order valence-electron chi connectivity index (χ0n) is 44.3. The zero-order valence-corrected chi connectivity index (χ0v) is 45.8. The van der Waals surface area contributed by atoms with Gasteiger partial charge in [-0.15, -0.1) is 17.9 Å². The van der Waals surface area contributed by atoms with E-state index in [1.807, 2.05) is 60.6 Å². The molecule has 1 fully saturated rings. The molecule has 0 radical (unpaired) electrons. The Balaban J connectivity index is 0.000000316. The van der Waals surface area contributed by atoms with Crippen molar-refractivity contribution in [3.05, 3.63) is 118 Å². The molecular formula is C58H77ClN6O7S. The lowest BCUT2D eigenvalue weighted by Gasteiger charge is -2.34. The number of aromatic nitrogens is 2. The number of allylic oxidation sites excluding steroid dienone is 1. The Morgan fingerprint density at radius 1 is 0.986 bits per heavy atom. The minimum Gasteiger partial charge on any atom is -0.483 e. The van der Waals surface area contributed by atoms with Gasteiger partial charge < -0.3 is 39.8 Å². The number of aliphatic hydroxyl groups excluding tert-OH is 2. The number of aryl methyl sites for hydroxylation is 1. The molecule has 4 N–H and O–H groups in total. The van der Waals surface area contributed by atoms with Crippen LogP contribution in [0.4, 0.5) is 17.1 Å². The highest BCUT2D eigenvalue weighted by Gasteiger charge is 2.28. The van der Waals surface area contributed by atoms with Gasteiger partial charge in [-0.2, -0.15) is 0 Å². The molecule has 1 amide bonds. The minimum atomic E-state index is -0.361. The van der Waals surface area contributed by atoms with E-state index in [0.717, 1.165) is 123 Å². The Bertz CT molecular complexity index is 2720. The number of aldehydes is 3. The van der Waals surface area contributed by atoms with Gasteiger partial charge in [0.1, 0.15) is 28.2 Å². The van der Waals surface area contributed by atoms with Crippen molar-refractivity contribution in [1.29, 1.82) is 0 Å². The SMILES string of the molecule is C=CCCC(C(=O)NC)N(C)c1ccc(C2CCN(c3cc4ncc(CCC)cn4c3)CC2)c2cccc(C=O)c12.CCCC(CC(C)(C)C)Nc1cccc(-c2sc(C=O)c(OCC=O)c2Cl)c1.CO.CO. The quantitative estimate of drug-likeness (QED) is 0.0400. The fourth-order valence-electron chi connectivity index (χ4n) is 9.58. The van der Waals surface area contributed by atoms with Gasteiger partial charge in [0, 0.05) is 94.4 Å². The molecule has 15 heteroatoms. The summed E-state index contributed by atoms with van der Waals surface area (Å²) in [5.74, 6) is 0.619. The zero-order chi connectivity index (χ0) is 53.7. The van der Waals surface area contributed by atoms with Crippen molar-refractivity contribution in [1.82, 2.24) is 14.7 Å². The summed E-state index contributed by atoms with van der Waals surface area (Å²) in [4.78, 5) is 57.3. The van der Waals surface area contributed by atoms with E-state index in [1.54, 1.807) is 7.05 Å². The van der Waals surface area contributed by atoms with E-state index in [9.17, 15) is 19.2 Å². The number of anilines is 3. The summed E-state index contributed by atoms with van der Waals surface area (Å²) in [5.41, 5.74) is 8.46. The Morgan fingerprint density at radius 3 is 2.34 bits per heavy atom. The first-order valence-electron chi connectivity index (χ1n) is 25.2. The van der Waals surface area contributed by atoms with Gasteiger partial charge in [-0.25, -0.2) is 4.98 Å². The molecule has 7 rings (SSSR count). The maximum absolute atomic E-state index is 12.8. The molecule has 13 nitrogen and oxygen atoms in total. The van der Waals surface area contributed by atoms with Crippen molar-refractivity contribution < 1.29 is 34.1 Å². The normalized spacial score (nSPS) is 13.2. The standard InChI is InChI=1S/C34H41N5O2.C22H28ClNO3S.2CH4O/c1-5-7-12-31(34(41)35-3)37(4)30-14-13-28(29-11-8-10-26(23-40)33(29)30)25-15-17-38(18-16-25)27-19-32-36-20-24(9-6-2)21-39(32)22-27;1-5-7-17(13-22(2,3)4)24-16-9-6-8-15(12-16)21-19(23)20(27-11-10-25)18(14-26)28-21;2*1-2/h5,8,10-11,13-14,19-23,25,31H,1,6-7,9,12,15-18H2,2-4H3,(H,35,41);6,8-10,12,14,17,24H,5,7,11,13H2,1-4H3;2*2H,1H3. The predicted octanol–water partition coefficient (Wildman–Crippen LogP) is 11.8. The number of piperidine rings is 1. The number of hydrogen-bond donors (Lipinski definition) is 4. The van der Waals surface area contributed by atoms with E-state index in [-0.39, 0.29) is 29.7 Å². The smallest absolute Gasteiger partial charge is 0.242 e. The van der Waals surface area contributed by atoms with E-state index in [0.29, 0.717) is 46.4 Å². The summed E-state index contributed by atoms with van der Waals surface area (Å²) >= 11 is 7.73. The molecule has 2 unspecified atom stereocenters. The molecule has 4 heterocycles. The highest BCUT2D eigenvalue weighted by molar-refractivity contribution is 7.18. The first kappa shape index (κ1) is 59.5. The van der Waals surface area contributed by atoms with Gasteiger partial charge in [0.15, 0.2) is 24.6 Å². The van der Waals surface area contributed by atoms with Gasteiger partial charge in [0.05, 0.1) is 10.6 Å². The second kappa shape index (κ2) is 29.6. The number of nitrogens with zero attached hydrogens (tertiary/aromatic N) is 4. The number of nitrogens with one attached hydrogen (secondary N) is 2. The minimum absolute atomic E-state index is 0.0438. The third kappa shape index (κ3) is 15.7. The van der Waals surface area contributed by atoms with Crippen LogP contribution in [0.15, 0.2) is 91.9 Å². The largest absolute Gasteiger partial charge is 0.483 e. The number of thiophene rings is 1. The Hall–Kier alpha value is -6.06. The Kier molecular flexibility index (Phi) is 24.1. The molecule has 0 saturated carbocycles. The predicted molar refractivity (Wildman–Crippen MR) is 303 cm³/mol. The van der Waals surface area contributed by atoms with Crippen LogP contribution >= 0.6 is 22.9 Å². The van der Waals surface area contributed by atoms with Crippen LogP contribution in [0.3, 0.4) is 0 Å². The molecule has 0 bridgehead atoms. The van der Waals surface area contributed by atoms with E-state index in [2.05, 4.69) is 103 Å². The fourth-order valence-corrected chi connectivity index (χ4v) is 11.0. The van der Waals surface area contributed by atoms with Gasteiger partial charge in [0.2, 0.25) is 5.91 Å². The van der Waals surface area contributed by atoms with Gasteiger partial charge in [-0.05, 0) is 96.6 Å². The van der Waals surface area contributed by atoms with Crippen LogP contribution in [0.25, 0.3) is 26.9 Å². The number of likely N-dealkylation sites (N-methyl/N-ethyl adjacent to an activating group) is 2. The first-order chi connectivity index (χ1) is 35.3. The number of carbonyl (C=O) groups excluding carboxylic acids is 4. The maximum Gasteiger partial charge on any atom is 0.242 e. The summed E-state index contributed by atoms with van der Waals surface area (Å²) in [7, 11) is 5.61. The van der Waals surface area contributed by atoms with E-state index >= 15 is 0 Å². The number of rotatable bonds is 21. The topological polar surface area (TPSA) is 166 Å². The number of amides is 1. The average Bonchev–Trinajstić information content (AvgIpc) is 3.98. The van der Waals surface area contributed by atoms with E-state index in [1.165, 1.54) is 28.2 Å². The maximum atomic E-state index is 12.8. The fraction of sp³-hybridized carbons (Fsp3) is 0.431. The molecule has 2 atom stereocenters. The van der Waals surface area contributed by atoms with Crippen LogP contribution in [-0.4, -0.2) is 104 Å². The molecule has 0 spiro atoms. The lowest BCUT2D eigenvalue weighted by atomic mass is 9.85. The molecule has 3 aromatic carbocycles. The van der Waals surface area contributed by atoms with Gasteiger partial charge in [-0.3, -0.25) is 19.2 Å². The summed E-state index contributed by atoms with van der Waals surface area (Å²) in [6.45, 7) is 16.8. The number of aliphatic hydroxyl groups is 2. The van der Waals surface area contributed by atoms with Crippen LogP contribution in [0, 0.1) is 5.41 Å². The van der Waals surface area contributed by atoms with Gasteiger partial charge in [-0.1, -0.05) is 102 Å². The molecular weight excluding hydrogens is 960 g/mol. The van der Waals surface area contributed by atoms with Gasteiger partial charge >= 0.3 is 0 Å². The molecule has 73 heavy (non-hydrogen) atoms. The summed E-state index contributed by atoms with van der Waals surface area (Å²) in [5, 5.41) is 22.8. The van der Waals surface area contributed by atoms with Crippen molar-refractivity contribution in [3.8, 4) is 16.2 Å². The van der Waals surface area contributed by atoms with E-state index < -0.39 is 0 Å². The van der Waals surface area contributed by atoms with Crippen molar-refractivity contribution >= 4 is 81.2 Å². The number of carbonyl (C=O) groups is 4. The Labute approximate surface area is 441 Å². The van der Waals surface area contributed by atoms with Crippen molar-refractivity contribution in [2.45, 2.75) is 110 Å². The first-order valence-corrected chi connectivity index (χ1v) is 26.3. The number of benzene rings is 3. The molecule has 6 aromatic rings. The van der Waals surface area contributed by atoms with Crippen LogP contribution < -0.4 is 25.2 Å². The van der Waals surface area contributed by atoms with E-state index in [4.69, 9.17) is 26.6 Å². The van der Waals surface area contributed by atoms with Crippen LogP contribution in [0.5, 0.6) is 5.75 Å². The second-order valence-electron chi connectivity index (χ2n) is 19.1. The third-order valence-corrected chi connectivity index (χ3v) is 14.4. The number of fused-ring (bicyclic) bond motifs is 2. The average molecular weight is 1040 g/mol. The highest BCUT2D eigenvalue weighted by Crippen LogP contribution is 2.45. The van der Waals surface area contributed by atoms with Gasteiger partial charge in [0.25, 0.3) is 0 Å². The van der Waals surface area contributed by atoms with Crippen LogP contribution in [0.1, 0.15) is 123 Å². The molecule has 394 valence electrons. The number of hydrogen-bond acceptors (Lipinski definition) is 12. The molecule has 1 aliphatic rings. The van der Waals surface area contributed by atoms with Crippen LogP contribution in [-0.2, 0) is 16.0 Å². The molecule has 1 aliphatic heterocycles. The van der Waals surface area contributed by atoms with Crippen molar-refractivity contribution in [3.63, 3.8) is 0 Å². The second-order valence-corrected chi connectivity index (χ2v) is 20.5. The lowest BCUT2D eigenvalue weighted by molar-refractivity contribution is -0.122. The monoisotopic (exact) mass is 1040 g/mol. The summed E-state index contributed by atoms with van der Waals surface area (Å²) < 4.78 is 7.51. The number of ether oxygens (including phenoxy) is 1. The van der Waals surface area contributed by atoms with Crippen molar-refractivity contribution in [2.75, 3.05) is 63.1 Å². The number of halogens is 1.